The molecule has 0 aromatic rings. The molecule has 0 aliphatic carbocycles. The van der Waals surface area contributed by atoms with Crippen LogP contribution in [0.4, 0.5) is 0 Å². The zero-order chi connectivity index (χ0) is 51.1. The first-order chi connectivity index (χ1) is 35.1. The Balaban J connectivity index is 1.68. The summed E-state index contributed by atoms with van der Waals surface area (Å²) in [5.41, 5.74) is -1.13. The molecule has 6 nitrogen and oxygen atoms in total. The highest BCUT2D eigenvalue weighted by atomic mass is 16.6. The van der Waals surface area contributed by atoms with Gasteiger partial charge in [0.25, 0.3) is 0 Å². The molecule has 1 aliphatic rings. The third-order valence-electron chi connectivity index (χ3n) is 16.0. The Morgan fingerprint density at radius 2 is 0.606 bits per heavy atom. The molecule has 1 aliphatic heterocycles. The van der Waals surface area contributed by atoms with Crippen LogP contribution in [-0.4, -0.2) is 48.6 Å². The first-order valence-electron chi connectivity index (χ1n) is 32.3. The largest absolute Gasteiger partial charge is 0.465 e. The summed E-state index contributed by atoms with van der Waals surface area (Å²) >= 11 is 0. The van der Waals surface area contributed by atoms with Crippen LogP contribution in [0, 0.1) is 11.3 Å². The second kappa shape index (κ2) is 54.8. The van der Waals surface area contributed by atoms with E-state index in [4.69, 9.17) is 9.47 Å². The monoisotopic (exact) mass is 1000 g/mol. The lowest BCUT2D eigenvalue weighted by Crippen LogP contribution is -2.40. The number of carbonyl (C=O) groups is 2. The molecule has 2 N–H and O–H groups in total. The van der Waals surface area contributed by atoms with Crippen LogP contribution < -0.4 is 0 Å². The molecule has 0 amide bonds. The maximum absolute atomic E-state index is 12.5. The zero-order valence-corrected chi connectivity index (χ0v) is 47.8. The van der Waals surface area contributed by atoms with Crippen molar-refractivity contribution in [2.75, 3.05) is 26.4 Å². The van der Waals surface area contributed by atoms with Crippen LogP contribution in [0.3, 0.4) is 0 Å². The van der Waals surface area contributed by atoms with Crippen molar-refractivity contribution in [3.8, 4) is 0 Å². The molecule has 1 heterocycles. The first kappa shape index (κ1) is 67.6. The van der Waals surface area contributed by atoms with Gasteiger partial charge in [0, 0.05) is 0 Å². The van der Waals surface area contributed by atoms with Crippen molar-refractivity contribution in [1.29, 1.82) is 0 Å². The van der Waals surface area contributed by atoms with E-state index in [0.717, 1.165) is 19.3 Å². The highest BCUT2D eigenvalue weighted by Gasteiger charge is 2.36. The summed E-state index contributed by atoms with van der Waals surface area (Å²) in [4.78, 5) is 24.7. The summed E-state index contributed by atoms with van der Waals surface area (Å²) in [6.45, 7) is 1.20. The summed E-state index contributed by atoms with van der Waals surface area (Å²) in [5, 5.41) is 19.2. The Bertz CT molecular complexity index is 1120. The van der Waals surface area contributed by atoms with Gasteiger partial charge in [-0.25, -0.2) is 0 Å². The second-order valence-corrected chi connectivity index (χ2v) is 23.1. The lowest BCUT2D eigenvalue weighted by molar-refractivity contribution is -0.155. The number of hydrogen-bond donors (Lipinski definition) is 2. The van der Waals surface area contributed by atoms with Gasteiger partial charge in [-0.1, -0.05) is 327 Å². The molecule has 0 aromatic carbocycles. The van der Waals surface area contributed by atoms with E-state index in [0.29, 0.717) is 6.42 Å². The van der Waals surface area contributed by atoms with Crippen molar-refractivity contribution < 1.29 is 29.3 Å². The highest BCUT2D eigenvalue weighted by molar-refractivity contribution is 5.80. The molecule has 1 rings (SSSR count). The predicted octanol–water partition coefficient (Wildman–Crippen LogP) is 20.3. The summed E-state index contributed by atoms with van der Waals surface area (Å²) in [7, 11) is 0. The van der Waals surface area contributed by atoms with E-state index in [2.05, 4.69) is 19.1 Å². The molecule has 1 saturated heterocycles. The van der Waals surface area contributed by atoms with Crippen LogP contribution in [0.2, 0.25) is 0 Å². The van der Waals surface area contributed by atoms with E-state index >= 15 is 0 Å². The number of esters is 2. The molecule has 0 aromatic heterocycles. The lowest BCUT2D eigenvalue weighted by atomic mass is 9.92. The van der Waals surface area contributed by atoms with E-state index in [-0.39, 0.29) is 19.6 Å². The third kappa shape index (κ3) is 46.8. The minimum Gasteiger partial charge on any atom is -0.465 e. The van der Waals surface area contributed by atoms with E-state index in [1.807, 2.05) is 0 Å². The number of cyclic esters (lactones) is 2. The molecule has 1 unspecified atom stereocenters. The Labute approximate surface area is 443 Å². The number of aliphatic hydroxyl groups excluding tert-OH is 2. The second-order valence-electron chi connectivity index (χ2n) is 23.1. The quantitative estimate of drug-likeness (QED) is 0.0358. The SMILES string of the molecule is CCCCCCCCCCCCCCCCCCCCCCCCCCCCCCCCCCCCCCCCCC/C=C/CCCCCCCCCCCCC1CC(=O)OCC(CO)(CO)COC1=O. The number of carbonyl (C=O) groups excluding carboxylic acids is 2. The maximum atomic E-state index is 12.5. The molecule has 1 atom stereocenters. The molecule has 0 saturated carbocycles. The average Bonchev–Trinajstić information content (AvgIpc) is 3.44. The smallest absolute Gasteiger partial charge is 0.309 e. The first-order valence-corrected chi connectivity index (χ1v) is 32.3. The van der Waals surface area contributed by atoms with Crippen LogP contribution >= 0.6 is 0 Å². The van der Waals surface area contributed by atoms with E-state index in [1.165, 1.54) is 315 Å². The topological polar surface area (TPSA) is 93.1 Å². The molecule has 1 fully saturated rings. The number of aliphatic hydroxyl groups is 2. The summed E-state index contributed by atoms with van der Waals surface area (Å²) in [6.07, 6.45) is 78.7. The van der Waals surface area contributed by atoms with Crippen molar-refractivity contribution in [2.45, 2.75) is 354 Å². The summed E-state index contributed by atoms with van der Waals surface area (Å²) < 4.78 is 10.6. The average molecular weight is 1000 g/mol. The highest BCUT2D eigenvalue weighted by Crippen LogP contribution is 2.25. The van der Waals surface area contributed by atoms with Gasteiger partial charge in [0.05, 0.1) is 31.0 Å². The van der Waals surface area contributed by atoms with Gasteiger partial charge >= 0.3 is 11.9 Å². The van der Waals surface area contributed by atoms with Gasteiger partial charge in [-0.2, -0.15) is 0 Å². The van der Waals surface area contributed by atoms with Gasteiger partial charge in [0.15, 0.2) is 0 Å². The molecule has 0 radical (unpaired) electrons. The fourth-order valence-electron chi connectivity index (χ4n) is 10.8. The van der Waals surface area contributed by atoms with E-state index < -0.39 is 36.5 Å². The Hall–Kier alpha value is -1.40. The van der Waals surface area contributed by atoms with Crippen molar-refractivity contribution in [3.05, 3.63) is 12.2 Å². The van der Waals surface area contributed by atoms with Crippen molar-refractivity contribution >= 4 is 11.9 Å². The molecule has 0 bridgehead atoms. The molecular weight excluding hydrogens is 877 g/mol. The van der Waals surface area contributed by atoms with Crippen molar-refractivity contribution in [1.82, 2.24) is 0 Å². The summed E-state index contributed by atoms with van der Waals surface area (Å²) in [5.74, 6) is -1.41. The number of hydrogen-bond acceptors (Lipinski definition) is 6. The van der Waals surface area contributed by atoms with Gasteiger partial charge in [0.1, 0.15) is 13.2 Å². The molecule has 0 spiro atoms. The molecule has 71 heavy (non-hydrogen) atoms. The molecule has 420 valence electrons. The lowest BCUT2D eigenvalue weighted by Gasteiger charge is -2.27. The third-order valence-corrected chi connectivity index (χ3v) is 16.0. The Morgan fingerprint density at radius 1 is 0.366 bits per heavy atom. The van der Waals surface area contributed by atoms with Gasteiger partial charge in [-0.05, 0) is 32.1 Å². The van der Waals surface area contributed by atoms with Crippen LogP contribution in [-0.2, 0) is 19.1 Å². The van der Waals surface area contributed by atoms with E-state index in [9.17, 15) is 19.8 Å². The number of ether oxygens (including phenoxy) is 2. The number of unbranched alkanes of at least 4 members (excludes halogenated alkanes) is 50. The minimum atomic E-state index is -1.13. The van der Waals surface area contributed by atoms with Gasteiger partial charge in [-0.3, -0.25) is 9.59 Å². The van der Waals surface area contributed by atoms with Gasteiger partial charge in [-0.15, -0.1) is 0 Å². The molecular formula is C65H124O6. The van der Waals surface area contributed by atoms with Crippen LogP contribution in [0.25, 0.3) is 0 Å². The van der Waals surface area contributed by atoms with Gasteiger partial charge < -0.3 is 19.7 Å². The van der Waals surface area contributed by atoms with Crippen LogP contribution in [0.15, 0.2) is 12.2 Å². The number of rotatable bonds is 56. The standard InChI is InChI=1S/C65H124O6/c1-2-3-4-5-6-7-8-9-10-11-12-13-14-15-16-17-18-19-20-21-22-23-24-25-26-27-28-29-30-31-32-33-34-35-36-37-38-39-40-41-42-43-44-45-46-47-48-49-50-51-52-53-54-55-56-62-57-63(68)70-60-65(58-66,59-67)61-71-64(62)69/h43-44,62,66-67H,2-42,45-61H2,1H3/b44-43+. The van der Waals surface area contributed by atoms with Crippen LogP contribution in [0.5, 0.6) is 0 Å². The van der Waals surface area contributed by atoms with Crippen molar-refractivity contribution in [2.24, 2.45) is 11.3 Å². The fourth-order valence-corrected chi connectivity index (χ4v) is 10.8. The minimum absolute atomic E-state index is 0.00140. The Kier molecular flexibility index (Phi) is 52.2. The van der Waals surface area contributed by atoms with Crippen molar-refractivity contribution in [3.63, 3.8) is 0 Å². The normalized spacial score (nSPS) is 15.3. The molecule has 6 heteroatoms. The summed E-state index contributed by atoms with van der Waals surface area (Å²) in [6, 6.07) is 0. The fraction of sp³-hybridized carbons (Fsp3) is 0.938. The van der Waals surface area contributed by atoms with E-state index in [1.54, 1.807) is 0 Å². The van der Waals surface area contributed by atoms with Gasteiger partial charge in [0.2, 0.25) is 0 Å². The predicted molar refractivity (Wildman–Crippen MR) is 306 cm³/mol. The van der Waals surface area contributed by atoms with Crippen LogP contribution in [0.1, 0.15) is 354 Å². The Morgan fingerprint density at radius 3 is 0.873 bits per heavy atom. The zero-order valence-electron chi connectivity index (χ0n) is 47.8. The maximum Gasteiger partial charge on any atom is 0.309 e. The number of allylic oxidation sites excluding steroid dienone is 2.